The Morgan fingerprint density at radius 1 is 1.30 bits per heavy atom. The van der Waals surface area contributed by atoms with Crippen LogP contribution in [0.2, 0.25) is 0 Å². The Morgan fingerprint density at radius 3 is 3.12 bits per heavy atom. The smallest absolute Gasteiger partial charge is 0.317 e. The number of aromatic nitrogens is 2. The lowest BCUT2D eigenvalue weighted by Gasteiger charge is -2.27. The van der Waals surface area contributed by atoms with Crippen LogP contribution in [-0.2, 0) is 11.3 Å². The van der Waals surface area contributed by atoms with E-state index in [-0.39, 0.29) is 6.03 Å². The predicted octanol–water partition coefficient (Wildman–Crippen LogP) is 4.51. The Hall–Kier alpha value is -3.32. The maximum absolute atomic E-state index is 12.7. The highest BCUT2D eigenvalue weighted by atomic mass is 16.5. The minimum Gasteiger partial charge on any atom is -0.493 e. The highest BCUT2D eigenvalue weighted by Gasteiger charge is 2.19. The van der Waals surface area contributed by atoms with Gasteiger partial charge in [-0.3, -0.25) is 0 Å². The molecule has 4 heterocycles. The van der Waals surface area contributed by atoms with Crippen LogP contribution in [0.4, 0.5) is 4.79 Å². The number of nitrogens with one attached hydrogen (secondary N) is 2. The Morgan fingerprint density at radius 2 is 2.27 bits per heavy atom. The van der Waals surface area contributed by atoms with E-state index in [0.717, 1.165) is 54.6 Å². The molecule has 0 radical (unpaired) electrons. The number of aromatic amines is 1. The maximum atomic E-state index is 12.7. The maximum Gasteiger partial charge on any atom is 0.317 e. The van der Waals surface area contributed by atoms with Crippen molar-refractivity contribution in [3.05, 3.63) is 66.0 Å². The molecule has 0 bridgehead atoms. The first-order chi connectivity index (χ1) is 16.3. The molecule has 1 unspecified atom stereocenters. The molecule has 1 fully saturated rings. The second-order valence-corrected chi connectivity index (χ2v) is 8.60. The molecule has 172 valence electrons. The zero-order valence-corrected chi connectivity index (χ0v) is 18.8. The van der Waals surface area contributed by atoms with E-state index in [1.807, 2.05) is 47.6 Å². The first-order valence-electron chi connectivity index (χ1n) is 11.7. The van der Waals surface area contributed by atoms with Gasteiger partial charge in [-0.2, -0.15) is 0 Å². The van der Waals surface area contributed by atoms with Crippen molar-refractivity contribution in [3.63, 3.8) is 0 Å². The predicted molar refractivity (Wildman–Crippen MR) is 128 cm³/mol. The molecule has 33 heavy (non-hydrogen) atoms. The second kappa shape index (κ2) is 10.1. The molecule has 3 aromatic rings. The van der Waals surface area contributed by atoms with Crippen molar-refractivity contribution >= 4 is 22.6 Å². The number of rotatable bonds is 7. The number of urea groups is 1. The third-order valence-corrected chi connectivity index (χ3v) is 6.38. The summed E-state index contributed by atoms with van der Waals surface area (Å²) in [7, 11) is 0. The summed E-state index contributed by atoms with van der Waals surface area (Å²) >= 11 is 0. The summed E-state index contributed by atoms with van der Waals surface area (Å²) in [6.45, 7) is 3.28. The molecule has 2 N–H and O–H groups in total. The molecular weight excluding hydrogens is 416 g/mol. The van der Waals surface area contributed by atoms with Gasteiger partial charge in [0, 0.05) is 50.4 Å². The van der Waals surface area contributed by atoms with Crippen molar-refractivity contribution in [1.82, 2.24) is 20.2 Å². The van der Waals surface area contributed by atoms with Gasteiger partial charge in [0.1, 0.15) is 11.4 Å². The SMILES string of the molecule is O=C(NCc1cccc(OCCC2CCCO2)c1)N1CC=C(c2ccnc3[nH]ccc23)CC1. The first-order valence-corrected chi connectivity index (χ1v) is 11.7. The molecule has 7 heteroatoms. The Balaban J connectivity index is 1.11. The number of fused-ring (bicyclic) bond motifs is 1. The zero-order valence-electron chi connectivity index (χ0n) is 18.8. The zero-order chi connectivity index (χ0) is 22.5. The molecule has 2 aliphatic rings. The Kier molecular flexibility index (Phi) is 6.58. The Bertz CT molecular complexity index is 1130. The van der Waals surface area contributed by atoms with Crippen LogP contribution in [0.1, 0.15) is 36.8 Å². The largest absolute Gasteiger partial charge is 0.493 e. The van der Waals surface area contributed by atoms with Gasteiger partial charge in [-0.25, -0.2) is 9.78 Å². The summed E-state index contributed by atoms with van der Waals surface area (Å²) in [5.74, 6) is 0.832. The number of pyridine rings is 1. The summed E-state index contributed by atoms with van der Waals surface area (Å²) in [5.41, 5.74) is 4.38. The van der Waals surface area contributed by atoms with Gasteiger partial charge < -0.3 is 24.7 Å². The molecule has 0 spiro atoms. The van der Waals surface area contributed by atoms with E-state index in [1.165, 1.54) is 11.1 Å². The number of benzene rings is 1. The van der Waals surface area contributed by atoms with E-state index >= 15 is 0 Å². The third-order valence-electron chi connectivity index (χ3n) is 6.38. The van der Waals surface area contributed by atoms with Crippen LogP contribution in [0.15, 0.2) is 54.9 Å². The molecule has 1 atom stereocenters. The van der Waals surface area contributed by atoms with Crippen molar-refractivity contribution in [1.29, 1.82) is 0 Å². The van der Waals surface area contributed by atoms with Crippen LogP contribution in [0.3, 0.4) is 0 Å². The average Bonchev–Trinajstić information content (AvgIpc) is 3.55. The van der Waals surface area contributed by atoms with Crippen molar-refractivity contribution < 1.29 is 14.3 Å². The van der Waals surface area contributed by atoms with Gasteiger partial charge in [-0.1, -0.05) is 18.2 Å². The minimum atomic E-state index is -0.0449. The molecule has 1 aromatic carbocycles. The van der Waals surface area contributed by atoms with Crippen LogP contribution in [0.25, 0.3) is 16.6 Å². The molecule has 7 nitrogen and oxygen atoms in total. The van der Waals surface area contributed by atoms with Crippen molar-refractivity contribution in [3.8, 4) is 5.75 Å². The van der Waals surface area contributed by atoms with E-state index in [4.69, 9.17) is 9.47 Å². The molecule has 1 saturated heterocycles. The summed E-state index contributed by atoms with van der Waals surface area (Å²) < 4.78 is 11.5. The number of ether oxygens (including phenoxy) is 2. The molecule has 2 amide bonds. The van der Waals surface area contributed by atoms with Crippen LogP contribution in [0.5, 0.6) is 5.75 Å². The Labute approximate surface area is 193 Å². The average molecular weight is 447 g/mol. The van der Waals surface area contributed by atoms with Gasteiger partial charge in [0.05, 0.1) is 12.7 Å². The normalized spacial score (nSPS) is 18.4. The second-order valence-electron chi connectivity index (χ2n) is 8.60. The third kappa shape index (κ3) is 5.20. The highest BCUT2D eigenvalue weighted by molar-refractivity contribution is 5.90. The molecule has 2 aliphatic heterocycles. The molecule has 0 saturated carbocycles. The minimum absolute atomic E-state index is 0.0449. The number of carbonyl (C=O) groups is 1. The topological polar surface area (TPSA) is 79.5 Å². The van der Waals surface area contributed by atoms with Gasteiger partial charge in [-0.05, 0) is 60.2 Å². The number of hydrogen-bond acceptors (Lipinski definition) is 4. The van der Waals surface area contributed by atoms with Crippen LogP contribution >= 0.6 is 0 Å². The molecule has 5 rings (SSSR count). The van der Waals surface area contributed by atoms with E-state index in [1.54, 1.807) is 0 Å². The fourth-order valence-electron chi connectivity index (χ4n) is 4.55. The lowest BCUT2D eigenvalue weighted by Crippen LogP contribution is -2.41. The van der Waals surface area contributed by atoms with Crippen LogP contribution < -0.4 is 10.1 Å². The van der Waals surface area contributed by atoms with E-state index in [9.17, 15) is 4.79 Å². The van der Waals surface area contributed by atoms with Crippen molar-refractivity contribution in [2.75, 3.05) is 26.3 Å². The lowest BCUT2D eigenvalue weighted by molar-refractivity contribution is 0.0903. The highest BCUT2D eigenvalue weighted by Crippen LogP contribution is 2.28. The lowest BCUT2D eigenvalue weighted by atomic mass is 9.98. The quantitative estimate of drug-likeness (QED) is 0.560. The molecule has 0 aliphatic carbocycles. The fourth-order valence-corrected chi connectivity index (χ4v) is 4.55. The number of hydrogen-bond donors (Lipinski definition) is 2. The number of amides is 2. The summed E-state index contributed by atoms with van der Waals surface area (Å²) in [4.78, 5) is 22.1. The summed E-state index contributed by atoms with van der Waals surface area (Å²) in [6.07, 6.45) is 10.2. The van der Waals surface area contributed by atoms with Crippen molar-refractivity contribution in [2.45, 2.75) is 38.3 Å². The van der Waals surface area contributed by atoms with Crippen LogP contribution in [0, 0.1) is 0 Å². The number of H-pyrrole nitrogens is 1. The van der Waals surface area contributed by atoms with Gasteiger partial charge in [-0.15, -0.1) is 0 Å². The molecule has 2 aromatic heterocycles. The van der Waals surface area contributed by atoms with Gasteiger partial charge in [0.15, 0.2) is 0 Å². The van der Waals surface area contributed by atoms with Crippen LogP contribution in [-0.4, -0.2) is 53.3 Å². The standard InChI is InChI=1S/C26H30N4O3/c31-26(29-18-19-3-1-4-22(17-19)33-16-10-21-5-2-15-32-21)30-13-8-20(9-14-30)23-6-11-27-25-24(23)7-12-28-25/h1,3-4,6-8,11-12,17,21H,2,5,9-10,13-16,18H2,(H,27,28)(H,29,31). The van der Waals surface area contributed by atoms with E-state index in [0.29, 0.717) is 32.3 Å². The fraction of sp³-hybridized carbons (Fsp3) is 0.385. The summed E-state index contributed by atoms with van der Waals surface area (Å²) in [5, 5.41) is 4.17. The molecular formula is C26H30N4O3. The van der Waals surface area contributed by atoms with E-state index < -0.39 is 0 Å². The number of nitrogens with zero attached hydrogens (tertiary/aromatic N) is 2. The van der Waals surface area contributed by atoms with Gasteiger partial charge in [0.25, 0.3) is 0 Å². The van der Waals surface area contributed by atoms with Gasteiger partial charge in [0.2, 0.25) is 0 Å². The monoisotopic (exact) mass is 446 g/mol. The number of carbonyl (C=O) groups excluding carboxylic acids is 1. The summed E-state index contributed by atoms with van der Waals surface area (Å²) in [6, 6.07) is 12.0. The van der Waals surface area contributed by atoms with E-state index in [2.05, 4.69) is 27.4 Å². The van der Waals surface area contributed by atoms with Gasteiger partial charge >= 0.3 is 6.03 Å². The van der Waals surface area contributed by atoms with Crippen molar-refractivity contribution in [2.24, 2.45) is 0 Å². The first kappa shape index (κ1) is 21.5.